The lowest BCUT2D eigenvalue weighted by Crippen LogP contribution is -2.65. The number of aliphatic hydroxyl groups is 8. The second kappa shape index (κ2) is 12.2. The van der Waals surface area contributed by atoms with Crippen LogP contribution in [0.1, 0.15) is 27.2 Å². The van der Waals surface area contributed by atoms with E-state index in [1.165, 1.54) is 20.8 Å². The second-order valence-corrected chi connectivity index (χ2v) is 9.43. The molecule has 3 saturated heterocycles. The molecular formula is C21H37NO14. The third-order valence-electron chi connectivity index (χ3n) is 6.62. The van der Waals surface area contributed by atoms with Crippen LogP contribution in [-0.4, -0.2) is 145 Å². The van der Waals surface area contributed by atoms with Crippen LogP contribution < -0.4 is 5.32 Å². The molecule has 0 aromatic carbocycles. The van der Waals surface area contributed by atoms with Gasteiger partial charge in [-0.05, 0) is 13.8 Å². The molecule has 0 radical (unpaired) electrons. The highest BCUT2D eigenvalue weighted by Gasteiger charge is 2.51. The highest BCUT2D eigenvalue weighted by molar-refractivity contribution is 5.73. The Kier molecular flexibility index (Phi) is 10.0. The van der Waals surface area contributed by atoms with E-state index in [9.17, 15) is 45.6 Å². The van der Waals surface area contributed by atoms with Crippen molar-refractivity contribution in [2.24, 2.45) is 0 Å². The van der Waals surface area contributed by atoms with Gasteiger partial charge in [0.25, 0.3) is 0 Å². The van der Waals surface area contributed by atoms with Crippen molar-refractivity contribution in [3.05, 3.63) is 0 Å². The SMILES string of the molecule is CC(=O)N[C@H]1[C@H](O[C@@H]2[C@@H](O[C@@H](C)[C@H]3O[C@@H](O)[C@H](O)[C@@H](O)[C@@H]3O)O[C@H](C)[C@@H](O)[C@@H]2O)O[C@H](CO)C[C@@H]1O. The molecule has 3 aliphatic heterocycles. The van der Waals surface area contributed by atoms with E-state index in [4.69, 9.17) is 23.7 Å². The summed E-state index contributed by atoms with van der Waals surface area (Å²) in [6.07, 6.45) is -19.7. The van der Waals surface area contributed by atoms with Gasteiger partial charge >= 0.3 is 0 Å². The maximum atomic E-state index is 11.7. The predicted octanol–water partition coefficient (Wildman–Crippen LogP) is -4.98. The average molecular weight is 528 g/mol. The van der Waals surface area contributed by atoms with Gasteiger partial charge in [-0.25, -0.2) is 0 Å². The van der Waals surface area contributed by atoms with E-state index in [1.807, 2.05) is 0 Å². The lowest BCUT2D eigenvalue weighted by atomic mass is 9.95. The van der Waals surface area contributed by atoms with Gasteiger partial charge in [-0.15, -0.1) is 0 Å². The van der Waals surface area contributed by atoms with Crippen LogP contribution in [0.25, 0.3) is 0 Å². The van der Waals surface area contributed by atoms with Gasteiger partial charge in [-0.3, -0.25) is 4.79 Å². The van der Waals surface area contributed by atoms with Crippen molar-refractivity contribution in [2.75, 3.05) is 6.61 Å². The van der Waals surface area contributed by atoms with Gasteiger partial charge in [0.15, 0.2) is 18.9 Å². The molecule has 0 unspecified atom stereocenters. The van der Waals surface area contributed by atoms with Gasteiger partial charge in [0.1, 0.15) is 48.8 Å². The van der Waals surface area contributed by atoms with E-state index in [0.29, 0.717) is 0 Å². The number of aliphatic hydroxyl groups excluding tert-OH is 8. The van der Waals surface area contributed by atoms with Gasteiger partial charge in [0, 0.05) is 13.3 Å². The summed E-state index contributed by atoms with van der Waals surface area (Å²) >= 11 is 0. The molecule has 1 amide bonds. The Morgan fingerprint density at radius 1 is 0.944 bits per heavy atom. The molecule has 3 fully saturated rings. The van der Waals surface area contributed by atoms with Crippen LogP contribution in [0, 0.1) is 0 Å². The molecule has 0 aromatic heterocycles. The molecule has 0 saturated carbocycles. The second-order valence-electron chi connectivity index (χ2n) is 9.43. The van der Waals surface area contributed by atoms with E-state index in [1.54, 1.807) is 0 Å². The summed E-state index contributed by atoms with van der Waals surface area (Å²) in [4.78, 5) is 11.7. The smallest absolute Gasteiger partial charge is 0.217 e. The summed E-state index contributed by atoms with van der Waals surface area (Å²) in [6.45, 7) is 3.63. The van der Waals surface area contributed by atoms with E-state index in [2.05, 4.69) is 5.32 Å². The minimum Gasteiger partial charge on any atom is -0.394 e. The number of carbonyl (C=O) groups excluding carboxylic acids is 1. The van der Waals surface area contributed by atoms with Crippen molar-refractivity contribution in [3.8, 4) is 0 Å². The summed E-state index contributed by atoms with van der Waals surface area (Å²) in [6, 6.07) is -1.10. The first-order valence-corrected chi connectivity index (χ1v) is 11.8. The highest BCUT2D eigenvalue weighted by atomic mass is 16.8. The minimum atomic E-state index is -1.81. The number of amides is 1. The Labute approximate surface area is 207 Å². The lowest BCUT2D eigenvalue weighted by Gasteiger charge is -2.47. The van der Waals surface area contributed by atoms with Crippen molar-refractivity contribution in [3.63, 3.8) is 0 Å². The molecule has 9 N–H and O–H groups in total. The number of ether oxygens (including phenoxy) is 5. The summed E-state index contributed by atoms with van der Waals surface area (Å²) in [5.41, 5.74) is 0. The van der Waals surface area contributed by atoms with Crippen LogP contribution >= 0.6 is 0 Å². The number of nitrogens with one attached hydrogen (secondary N) is 1. The number of hydrogen-bond donors (Lipinski definition) is 9. The molecule has 0 aromatic rings. The predicted molar refractivity (Wildman–Crippen MR) is 115 cm³/mol. The fourth-order valence-electron chi connectivity index (χ4n) is 4.54. The minimum absolute atomic E-state index is 0.00490. The standard InChI is InChI=1S/C21H37NO14/c1-6-12(26)14(28)18(36-20-11(22-8(3)24)10(25)4-9(5-23)34-20)21(32-6)33-7(2)17-15(29)13(27)16(30)19(31)35-17/h6-7,9-21,23,25-31H,4-5H2,1-3H3,(H,22,24)/t6-,7+,9+,10+,11-,12-,13+,14+,15+,16-,17-,18+,19-,20+,21-/m1/s1. The fraction of sp³-hybridized carbons (Fsp3) is 0.952. The zero-order valence-electron chi connectivity index (χ0n) is 20.1. The molecule has 0 spiro atoms. The number of hydrogen-bond acceptors (Lipinski definition) is 14. The molecule has 36 heavy (non-hydrogen) atoms. The van der Waals surface area contributed by atoms with E-state index < -0.39 is 105 Å². The molecule has 3 rings (SSSR count). The zero-order chi connectivity index (χ0) is 26.9. The molecule has 3 heterocycles. The van der Waals surface area contributed by atoms with Gasteiger partial charge in [-0.2, -0.15) is 0 Å². The van der Waals surface area contributed by atoms with Crippen molar-refractivity contribution in [1.29, 1.82) is 0 Å². The first kappa shape index (κ1) is 29.5. The maximum absolute atomic E-state index is 11.7. The van der Waals surface area contributed by atoms with Gasteiger partial charge in [0.2, 0.25) is 5.91 Å². The van der Waals surface area contributed by atoms with Gasteiger partial charge in [-0.1, -0.05) is 0 Å². The van der Waals surface area contributed by atoms with Crippen LogP contribution in [0.5, 0.6) is 0 Å². The van der Waals surface area contributed by atoms with Crippen molar-refractivity contribution in [1.82, 2.24) is 5.32 Å². The third-order valence-corrected chi connectivity index (χ3v) is 6.62. The molecule has 210 valence electrons. The van der Waals surface area contributed by atoms with Gasteiger partial charge < -0.3 is 69.9 Å². The maximum Gasteiger partial charge on any atom is 0.217 e. The molecule has 0 bridgehead atoms. The van der Waals surface area contributed by atoms with Crippen molar-refractivity contribution >= 4 is 5.91 Å². The largest absolute Gasteiger partial charge is 0.394 e. The zero-order valence-corrected chi connectivity index (χ0v) is 20.1. The third kappa shape index (κ3) is 6.32. The molecule has 3 aliphatic rings. The van der Waals surface area contributed by atoms with E-state index >= 15 is 0 Å². The van der Waals surface area contributed by atoms with Crippen LogP contribution in [0.15, 0.2) is 0 Å². The molecule has 15 heteroatoms. The molecular weight excluding hydrogens is 490 g/mol. The first-order valence-electron chi connectivity index (χ1n) is 11.8. The quantitative estimate of drug-likeness (QED) is 0.151. The van der Waals surface area contributed by atoms with E-state index in [0.717, 1.165) is 0 Å². The lowest BCUT2D eigenvalue weighted by molar-refractivity contribution is -0.363. The van der Waals surface area contributed by atoms with Crippen LogP contribution in [0.4, 0.5) is 0 Å². The summed E-state index contributed by atoms with van der Waals surface area (Å²) in [7, 11) is 0. The summed E-state index contributed by atoms with van der Waals surface area (Å²) in [5.74, 6) is -0.503. The Morgan fingerprint density at radius 3 is 2.22 bits per heavy atom. The topological polar surface area (TPSA) is 237 Å². The molecule has 0 aliphatic carbocycles. The normalized spacial score (nSPS) is 48.9. The van der Waals surface area contributed by atoms with Crippen molar-refractivity contribution < 1.29 is 69.3 Å². The van der Waals surface area contributed by atoms with E-state index in [-0.39, 0.29) is 6.42 Å². The molecule has 15 nitrogen and oxygen atoms in total. The monoisotopic (exact) mass is 527 g/mol. The summed E-state index contributed by atoms with van der Waals surface area (Å²) in [5, 5.41) is 83.5. The Bertz CT molecular complexity index is 731. The Morgan fingerprint density at radius 2 is 1.61 bits per heavy atom. The molecule has 15 atom stereocenters. The first-order chi connectivity index (χ1) is 16.8. The fourth-order valence-corrected chi connectivity index (χ4v) is 4.54. The number of rotatable bonds is 7. The van der Waals surface area contributed by atoms with Crippen LogP contribution in [0.2, 0.25) is 0 Å². The van der Waals surface area contributed by atoms with Crippen LogP contribution in [-0.2, 0) is 28.5 Å². The number of carbonyl (C=O) groups is 1. The Hall–Kier alpha value is -1.05. The van der Waals surface area contributed by atoms with Crippen molar-refractivity contribution in [2.45, 2.75) is 119 Å². The van der Waals surface area contributed by atoms with Crippen LogP contribution in [0.3, 0.4) is 0 Å². The summed E-state index contributed by atoms with van der Waals surface area (Å²) < 4.78 is 28.2. The highest BCUT2D eigenvalue weighted by Crippen LogP contribution is 2.32. The van der Waals surface area contributed by atoms with Gasteiger partial charge in [0.05, 0.1) is 31.0 Å². The Balaban J connectivity index is 1.80. The average Bonchev–Trinajstić information content (AvgIpc) is 2.82.